The van der Waals surface area contributed by atoms with Crippen LogP contribution in [0.2, 0.25) is 0 Å². The van der Waals surface area contributed by atoms with Gasteiger partial charge in [0, 0.05) is 36.1 Å². The molecular formula is C23H29N5O3. The van der Waals surface area contributed by atoms with Crippen LogP contribution in [0.15, 0.2) is 30.5 Å². The number of hydrogen-bond acceptors (Lipinski definition) is 3. The number of aromatic nitrogens is 1. The Bertz CT molecular complexity index is 996. The van der Waals surface area contributed by atoms with Crippen LogP contribution in [0.25, 0.3) is 10.9 Å². The van der Waals surface area contributed by atoms with Crippen LogP contribution in [-0.2, 0) is 16.0 Å². The van der Waals surface area contributed by atoms with Crippen LogP contribution in [0.4, 0.5) is 4.79 Å². The standard InChI is InChI=1S/C23H29N5O3/c29-21-20-18(27-23(31)25-15-6-2-1-3-7-15)10-11-28(20)22(30)19(26-21)12-14-13-24-17-9-5-4-8-16(14)17/h4-5,8-9,13,15,18-20,24H,1-3,6-7,10-12H2,(H,26,29)(H2,25,27,31)/t18-,19+,20-/m0/s1. The number of carbonyl (C=O) groups is 3. The van der Waals surface area contributed by atoms with E-state index in [4.69, 9.17) is 0 Å². The SMILES string of the molecule is O=C(NC1CCCCC1)N[C@H]1CCN2C(=O)[C@@H](Cc3c[nH]c4ccccc34)NC(=O)[C@H]12. The highest BCUT2D eigenvalue weighted by molar-refractivity contribution is 5.99. The molecule has 4 amide bonds. The molecule has 1 saturated carbocycles. The predicted molar refractivity (Wildman–Crippen MR) is 116 cm³/mol. The summed E-state index contributed by atoms with van der Waals surface area (Å²) in [7, 11) is 0. The molecule has 3 fully saturated rings. The van der Waals surface area contributed by atoms with E-state index in [0.717, 1.165) is 42.1 Å². The molecule has 5 rings (SSSR count). The van der Waals surface area contributed by atoms with Gasteiger partial charge < -0.3 is 25.8 Å². The zero-order valence-electron chi connectivity index (χ0n) is 17.5. The first-order valence-electron chi connectivity index (χ1n) is 11.3. The van der Waals surface area contributed by atoms with Crippen LogP contribution < -0.4 is 16.0 Å². The van der Waals surface area contributed by atoms with Crippen LogP contribution in [0, 0.1) is 0 Å². The van der Waals surface area contributed by atoms with Gasteiger partial charge in [-0.05, 0) is 30.9 Å². The number of amides is 4. The van der Waals surface area contributed by atoms with E-state index in [-0.39, 0.29) is 29.9 Å². The Morgan fingerprint density at radius 1 is 1.06 bits per heavy atom. The molecule has 164 valence electrons. The minimum atomic E-state index is -0.635. The first-order valence-corrected chi connectivity index (χ1v) is 11.3. The van der Waals surface area contributed by atoms with Crippen molar-refractivity contribution in [1.82, 2.24) is 25.8 Å². The molecule has 2 aromatic rings. The normalized spacial score (nSPS) is 26.6. The Hall–Kier alpha value is -3.03. The zero-order valence-corrected chi connectivity index (χ0v) is 17.5. The van der Waals surface area contributed by atoms with Crippen LogP contribution >= 0.6 is 0 Å². The highest BCUT2D eigenvalue weighted by Crippen LogP contribution is 2.26. The minimum Gasteiger partial charge on any atom is -0.361 e. The molecule has 0 spiro atoms. The molecule has 2 saturated heterocycles. The predicted octanol–water partition coefficient (Wildman–Crippen LogP) is 1.81. The number of H-pyrrole nitrogens is 1. The summed E-state index contributed by atoms with van der Waals surface area (Å²) in [5.41, 5.74) is 2.02. The molecule has 0 radical (unpaired) electrons. The van der Waals surface area contributed by atoms with Crippen molar-refractivity contribution in [3.63, 3.8) is 0 Å². The van der Waals surface area contributed by atoms with Gasteiger partial charge in [-0.3, -0.25) is 9.59 Å². The van der Waals surface area contributed by atoms with Gasteiger partial charge in [-0.25, -0.2) is 4.79 Å². The largest absolute Gasteiger partial charge is 0.361 e. The Morgan fingerprint density at radius 3 is 2.71 bits per heavy atom. The summed E-state index contributed by atoms with van der Waals surface area (Å²) in [5.74, 6) is -0.267. The quantitative estimate of drug-likeness (QED) is 0.603. The van der Waals surface area contributed by atoms with Gasteiger partial charge >= 0.3 is 6.03 Å². The average Bonchev–Trinajstić information content (AvgIpc) is 3.37. The lowest BCUT2D eigenvalue weighted by atomic mass is 9.96. The number of urea groups is 1. The van der Waals surface area contributed by atoms with Gasteiger partial charge in [0.05, 0.1) is 6.04 Å². The van der Waals surface area contributed by atoms with Crippen molar-refractivity contribution < 1.29 is 14.4 Å². The third kappa shape index (κ3) is 3.86. The number of hydrogen-bond donors (Lipinski definition) is 4. The van der Waals surface area contributed by atoms with Crippen molar-refractivity contribution in [3.8, 4) is 0 Å². The maximum atomic E-state index is 13.1. The molecule has 31 heavy (non-hydrogen) atoms. The van der Waals surface area contributed by atoms with Gasteiger partial charge in [0.15, 0.2) is 0 Å². The van der Waals surface area contributed by atoms with E-state index in [0.29, 0.717) is 19.4 Å². The Kier molecular flexibility index (Phi) is 5.29. The van der Waals surface area contributed by atoms with E-state index in [1.165, 1.54) is 6.42 Å². The van der Waals surface area contributed by atoms with E-state index >= 15 is 0 Å². The van der Waals surface area contributed by atoms with Crippen molar-refractivity contribution in [2.24, 2.45) is 0 Å². The number of para-hydroxylation sites is 1. The minimum absolute atomic E-state index is 0.0770. The molecule has 2 aliphatic heterocycles. The second-order valence-electron chi connectivity index (χ2n) is 8.95. The van der Waals surface area contributed by atoms with Crippen LogP contribution in [-0.4, -0.2) is 58.4 Å². The molecule has 0 bridgehead atoms. The van der Waals surface area contributed by atoms with Crippen molar-refractivity contribution in [3.05, 3.63) is 36.0 Å². The van der Waals surface area contributed by atoms with Crippen LogP contribution in [0.3, 0.4) is 0 Å². The maximum Gasteiger partial charge on any atom is 0.315 e. The first-order chi connectivity index (χ1) is 15.1. The average molecular weight is 424 g/mol. The second kappa shape index (κ2) is 8.24. The fraction of sp³-hybridized carbons (Fsp3) is 0.522. The molecule has 3 atom stereocenters. The number of nitrogens with zero attached hydrogens (tertiary/aromatic N) is 1. The molecule has 1 aromatic heterocycles. The highest BCUT2D eigenvalue weighted by atomic mass is 16.2. The number of piperazine rings is 1. The maximum absolute atomic E-state index is 13.1. The molecule has 3 heterocycles. The fourth-order valence-electron chi connectivity index (χ4n) is 5.34. The summed E-state index contributed by atoms with van der Waals surface area (Å²) < 4.78 is 0. The number of rotatable bonds is 4. The van der Waals surface area contributed by atoms with E-state index in [1.807, 2.05) is 30.5 Å². The van der Waals surface area contributed by atoms with Crippen LogP contribution in [0.1, 0.15) is 44.1 Å². The molecule has 8 heteroatoms. The molecule has 4 N–H and O–H groups in total. The number of nitrogens with one attached hydrogen (secondary N) is 4. The van der Waals surface area contributed by atoms with E-state index < -0.39 is 12.1 Å². The van der Waals surface area contributed by atoms with Crippen LogP contribution in [0.5, 0.6) is 0 Å². The monoisotopic (exact) mass is 423 g/mol. The zero-order chi connectivity index (χ0) is 21.4. The Balaban J connectivity index is 1.23. The highest BCUT2D eigenvalue weighted by Gasteiger charge is 2.48. The Morgan fingerprint density at radius 2 is 1.87 bits per heavy atom. The van der Waals surface area contributed by atoms with Crippen molar-refractivity contribution in [2.45, 2.75) is 69.1 Å². The topological polar surface area (TPSA) is 106 Å². The summed E-state index contributed by atoms with van der Waals surface area (Å²) >= 11 is 0. The van der Waals surface area contributed by atoms with E-state index in [9.17, 15) is 14.4 Å². The summed E-state index contributed by atoms with van der Waals surface area (Å²) in [6.07, 6.45) is 8.44. The van der Waals surface area contributed by atoms with Crippen molar-refractivity contribution in [2.75, 3.05) is 6.54 Å². The number of carbonyl (C=O) groups excluding carboxylic acids is 3. The van der Waals surface area contributed by atoms with Crippen molar-refractivity contribution in [1.29, 1.82) is 0 Å². The third-order valence-electron chi connectivity index (χ3n) is 6.92. The van der Waals surface area contributed by atoms with Gasteiger partial charge in [0.25, 0.3) is 0 Å². The summed E-state index contributed by atoms with van der Waals surface area (Å²) in [6.45, 7) is 0.482. The molecule has 3 aliphatic rings. The first kappa shape index (κ1) is 19.9. The second-order valence-corrected chi connectivity index (χ2v) is 8.95. The summed E-state index contributed by atoms with van der Waals surface area (Å²) in [5, 5.41) is 9.96. The molecule has 1 aliphatic carbocycles. The third-order valence-corrected chi connectivity index (χ3v) is 6.92. The van der Waals surface area contributed by atoms with Gasteiger partial charge in [-0.2, -0.15) is 0 Å². The van der Waals surface area contributed by atoms with Gasteiger partial charge in [-0.1, -0.05) is 37.5 Å². The molecular weight excluding hydrogens is 394 g/mol. The van der Waals surface area contributed by atoms with E-state index in [1.54, 1.807) is 4.90 Å². The summed E-state index contributed by atoms with van der Waals surface area (Å²) in [4.78, 5) is 43.4. The van der Waals surface area contributed by atoms with Gasteiger partial charge in [0.1, 0.15) is 12.1 Å². The molecule has 8 nitrogen and oxygen atoms in total. The number of aromatic amines is 1. The summed E-state index contributed by atoms with van der Waals surface area (Å²) in [6, 6.07) is 6.32. The lowest BCUT2D eigenvalue weighted by Gasteiger charge is -2.36. The smallest absolute Gasteiger partial charge is 0.315 e. The molecule has 1 aromatic carbocycles. The van der Waals surface area contributed by atoms with Gasteiger partial charge in [-0.15, -0.1) is 0 Å². The fourth-order valence-corrected chi connectivity index (χ4v) is 5.34. The lowest BCUT2D eigenvalue weighted by molar-refractivity contribution is -0.147. The Labute approximate surface area is 181 Å². The number of benzene rings is 1. The lowest BCUT2D eigenvalue weighted by Crippen LogP contribution is -2.65. The molecule has 0 unspecified atom stereocenters. The number of fused-ring (bicyclic) bond motifs is 2. The van der Waals surface area contributed by atoms with Gasteiger partial charge in [0.2, 0.25) is 11.8 Å². The van der Waals surface area contributed by atoms with Crippen molar-refractivity contribution >= 4 is 28.7 Å². The van der Waals surface area contributed by atoms with E-state index in [2.05, 4.69) is 20.9 Å².